The zero-order valence-corrected chi connectivity index (χ0v) is 12.0. The predicted octanol–water partition coefficient (Wildman–Crippen LogP) is 3.28. The van der Waals surface area contributed by atoms with Gasteiger partial charge in [0.1, 0.15) is 5.54 Å². The van der Waals surface area contributed by atoms with Crippen molar-refractivity contribution in [2.24, 2.45) is 0 Å². The topological polar surface area (TPSA) is 53.6 Å². The second-order valence-corrected chi connectivity index (χ2v) is 5.55. The Morgan fingerprint density at radius 1 is 1.57 bits per heavy atom. The Hall–Kier alpha value is -1.55. The molecular formula is C14H19F3N4. The summed E-state index contributed by atoms with van der Waals surface area (Å²) in [5, 5.41) is 16.3. The number of hydrogen-bond acceptors (Lipinski definition) is 3. The van der Waals surface area contributed by atoms with Gasteiger partial charge in [-0.3, -0.25) is 10.00 Å². The number of aromatic nitrogens is 2. The largest absolute Gasteiger partial charge is 0.435 e. The van der Waals surface area contributed by atoms with Gasteiger partial charge in [-0.25, -0.2) is 0 Å². The quantitative estimate of drug-likeness (QED) is 0.928. The van der Waals surface area contributed by atoms with Crippen LogP contribution in [0.5, 0.6) is 0 Å². The van der Waals surface area contributed by atoms with Crippen LogP contribution >= 0.6 is 0 Å². The second kappa shape index (κ2) is 6.06. The molecule has 1 aliphatic carbocycles. The first-order chi connectivity index (χ1) is 9.90. The molecule has 1 saturated carbocycles. The van der Waals surface area contributed by atoms with E-state index in [4.69, 9.17) is 0 Å². The molecule has 2 rings (SSSR count). The first-order valence-electron chi connectivity index (χ1n) is 7.19. The number of alkyl halides is 3. The molecule has 7 heteroatoms. The lowest BCUT2D eigenvalue weighted by atomic mass is 9.80. The third-order valence-electron chi connectivity index (χ3n) is 3.93. The van der Waals surface area contributed by atoms with E-state index in [2.05, 4.69) is 16.5 Å². The Labute approximate surface area is 121 Å². The molecule has 0 spiro atoms. The molecule has 1 aliphatic rings. The molecule has 0 aromatic carbocycles. The van der Waals surface area contributed by atoms with Crippen LogP contribution in [0.1, 0.15) is 50.8 Å². The Morgan fingerprint density at radius 2 is 2.33 bits per heavy atom. The van der Waals surface area contributed by atoms with Crippen LogP contribution in [0.3, 0.4) is 0 Å². The fourth-order valence-electron chi connectivity index (χ4n) is 2.83. The van der Waals surface area contributed by atoms with E-state index < -0.39 is 17.4 Å². The normalized spacial score (nSPS) is 26.5. The van der Waals surface area contributed by atoms with Crippen LogP contribution in [0.15, 0.2) is 12.3 Å². The van der Waals surface area contributed by atoms with Crippen LogP contribution in [-0.2, 0) is 6.18 Å². The fraction of sp³-hybridized carbons (Fsp3) is 0.714. The average Bonchev–Trinajstić information content (AvgIpc) is 2.95. The Bertz CT molecular complexity index is 517. The van der Waals surface area contributed by atoms with Gasteiger partial charge in [0.05, 0.1) is 12.1 Å². The van der Waals surface area contributed by atoms with Crippen LogP contribution in [0, 0.1) is 11.3 Å². The second-order valence-electron chi connectivity index (χ2n) is 5.55. The molecule has 21 heavy (non-hydrogen) atoms. The van der Waals surface area contributed by atoms with Gasteiger partial charge >= 0.3 is 6.18 Å². The van der Waals surface area contributed by atoms with E-state index in [1.165, 1.54) is 10.9 Å². The zero-order valence-electron chi connectivity index (χ0n) is 12.0. The maximum absolute atomic E-state index is 12.6. The van der Waals surface area contributed by atoms with Gasteiger partial charge in [0.2, 0.25) is 0 Å². The van der Waals surface area contributed by atoms with Crippen molar-refractivity contribution in [1.29, 1.82) is 5.26 Å². The number of nitrogens with one attached hydrogen (secondary N) is 1. The van der Waals surface area contributed by atoms with Crippen LogP contribution in [0.4, 0.5) is 13.2 Å². The van der Waals surface area contributed by atoms with Gasteiger partial charge in [0.15, 0.2) is 5.69 Å². The summed E-state index contributed by atoms with van der Waals surface area (Å²) in [4.78, 5) is 0. The van der Waals surface area contributed by atoms with Crippen molar-refractivity contribution in [2.75, 3.05) is 6.54 Å². The molecule has 1 aromatic heterocycles. The number of nitriles is 1. The minimum Gasteiger partial charge on any atom is -0.299 e. The van der Waals surface area contributed by atoms with Crippen molar-refractivity contribution in [3.8, 4) is 6.07 Å². The molecule has 1 aromatic rings. The van der Waals surface area contributed by atoms with Gasteiger partial charge < -0.3 is 0 Å². The van der Waals surface area contributed by atoms with Gasteiger partial charge in [-0.1, -0.05) is 6.92 Å². The number of halogens is 3. The molecule has 1 N–H and O–H groups in total. The van der Waals surface area contributed by atoms with Crippen LogP contribution in [0.2, 0.25) is 0 Å². The van der Waals surface area contributed by atoms with Gasteiger partial charge in [-0.2, -0.15) is 23.5 Å². The molecule has 0 saturated heterocycles. The van der Waals surface area contributed by atoms with Crippen LogP contribution in [-0.4, -0.2) is 21.9 Å². The van der Waals surface area contributed by atoms with Gasteiger partial charge in [-0.15, -0.1) is 0 Å². The fourth-order valence-corrected chi connectivity index (χ4v) is 2.83. The van der Waals surface area contributed by atoms with E-state index in [1.807, 2.05) is 6.92 Å². The highest BCUT2D eigenvalue weighted by molar-refractivity contribution is 5.11. The van der Waals surface area contributed by atoms with Crippen molar-refractivity contribution in [3.63, 3.8) is 0 Å². The molecule has 2 unspecified atom stereocenters. The van der Waals surface area contributed by atoms with Crippen molar-refractivity contribution in [3.05, 3.63) is 18.0 Å². The van der Waals surface area contributed by atoms with Crippen LogP contribution < -0.4 is 5.32 Å². The highest BCUT2D eigenvalue weighted by Gasteiger charge is 2.38. The van der Waals surface area contributed by atoms with E-state index in [-0.39, 0.29) is 6.04 Å². The van der Waals surface area contributed by atoms with Crippen molar-refractivity contribution < 1.29 is 13.2 Å². The maximum atomic E-state index is 12.6. The lowest BCUT2D eigenvalue weighted by Gasteiger charge is -2.36. The smallest absolute Gasteiger partial charge is 0.299 e. The molecule has 0 aliphatic heterocycles. The van der Waals surface area contributed by atoms with Crippen molar-refractivity contribution >= 4 is 0 Å². The van der Waals surface area contributed by atoms with E-state index in [0.29, 0.717) is 6.42 Å². The summed E-state index contributed by atoms with van der Waals surface area (Å²) >= 11 is 0. The van der Waals surface area contributed by atoms with Gasteiger partial charge in [-0.05, 0) is 38.3 Å². The molecule has 0 radical (unpaired) electrons. The Morgan fingerprint density at radius 3 is 2.90 bits per heavy atom. The van der Waals surface area contributed by atoms with E-state index in [9.17, 15) is 18.4 Å². The Balaban J connectivity index is 2.14. The van der Waals surface area contributed by atoms with Gasteiger partial charge in [0.25, 0.3) is 0 Å². The minimum absolute atomic E-state index is 0.168. The lowest BCUT2D eigenvalue weighted by Crippen LogP contribution is -2.48. The van der Waals surface area contributed by atoms with E-state index in [0.717, 1.165) is 38.3 Å². The monoisotopic (exact) mass is 300 g/mol. The highest BCUT2D eigenvalue weighted by Crippen LogP contribution is 2.36. The van der Waals surface area contributed by atoms with Crippen LogP contribution in [0.25, 0.3) is 0 Å². The summed E-state index contributed by atoms with van der Waals surface area (Å²) in [6.45, 7) is 2.74. The van der Waals surface area contributed by atoms with Crippen molar-refractivity contribution in [1.82, 2.24) is 15.1 Å². The van der Waals surface area contributed by atoms with E-state index >= 15 is 0 Å². The van der Waals surface area contributed by atoms with Crippen molar-refractivity contribution in [2.45, 2.75) is 56.8 Å². The summed E-state index contributed by atoms with van der Waals surface area (Å²) in [6, 6.07) is 3.14. The average molecular weight is 300 g/mol. The molecular weight excluding hydrogens is 281 g/mol. The Kier molecular flexibility index (Phi) is 4.57. The first-order valence-corrected chi connectivity index (χ1v) is 7.19. The summed E-state index contributed by atoms with van der Waals surface area (Å²) in [7, 11) is 0. The molecule has 0 amide bonds. The highest BCUT2D eigenvalue weighted by atomic mass is 19.4. The molecule has 1 fully saturated rings. The predicted molar refractivity (Wildman–Crippen MR) is 71.4 cm³/mol. The standard InChI is InChI=1S/C14H19F3N4/c1-2-7-19-13(10-18)6-3-4-11(9-13)21-8-5-12(20-21)14(15,16)17/h5,8,11,19H,2-4,6-7,9H2,1H3. The number of hydrogen-bond donors (Lipinski definition) is 1. The number of nitrogens with zero attached hydrogens (tertiary/aromatic N) is 3. The third-order valence-corrected chi connectivity index (χ3v) is 3.93. The minimum atomic E-state index is -4.42. The third kappa shape index (κ3) is 3.56. The molecule has 116 valence electrons. The maximum Gasteiger partial charge on any atom is 0.435 e. The van der Waals surface area contributed by atoms with E-state index in [1.54, 1.807) is 0 Å². The lowest BCUT2D eigenvalue weighted by molar-refractivity contribution is -0.141. The zero-order chi connectivity index (χ0) is 15.5. The number of rotatable bonds is 4. The summed E-state index contributed by atoms with van der Waals surface area (Å²) in [5.74, 6) is 0. The first kappa shape index (κ1) is 15.8. The summed E-state index contributed by atoms with van der Waals surface area (Å²) in [5.41, 5.74) is -1.53. The molecule has 1 heterocycles. The SMILES string of the molecule is CCCNC1(C#N)CCCC(n2ccc(C(F)(F)F)n2)C1. The summed E-state index contributed by atoms with van der Waals surface area (Å²) in [6.07, 6.45) is 0.615. The summed E-state index contributed by atoms with van der Waals surface area (Å²) < 4.78 is 39.2. The molecule has 2 atom stereocenters. The molecule has 0 bridgehead atoms. The van der Waals surface area contributed by atoms with Gasteiger partial charge in [0, 0.05) is 12.6 Å². The molecule has 4 nitrogen and oxygen atoms in total.